The predicted octanol–water partition coefficient (Wildman–Crippen LogP) is 3.31. The molecular formula is C14H17NO3. The fourth-order valence-corrected chi connectivity index (χ4v) is 1.68. The van der Waals surface area contributed by atoms with E-state index in [0.717, 1.165) is 5.56 Å². The van der Waals surface area contributed by atoms with Crippen LogP contribution in [0, 0.1) is 0 Å². The van der Waals surface area contributed by atoms with Gasteiger partial charge in [-0.25, -0.2) is 4.98 Å². The first kappa shape index (κ1) is 12.6. The second kappa shape index (κ2) is 4.12. The number of hydrogen-bond acceptors (Lipinski definition) is 3. The van der Waals surface area contributed by atoms with E-state index >= 15 is 0 Å². The zero-order chi connectivity index (χ0) is 13.5. The number of nitrogens with zero attached hydrogens (tertiary/aromatic N) is 1. The van der Waals surface area contributed by atoms with Crippen LogP contribution in [0.5, 0.6) is 0 Å². The number of aromatic nitrogens is 1. The smallest absolute Gasteiger partial charge is 0.310 e. The Labute approximate surface area is 106 Å². The summed E-state index contributed by atoms with van der Waals surface area (Å²) in [6, 6.07) is 5.35. The number of fused-ring (bicyclic) bond motifs is 1. The van der Waals surface area contributed by atoms with E-state index < -0.39 is 11.9 Å². The van der Waals surface area contributed by atoms with Gasteiger partial charge in [-0.3, -0.25) is 4.79 Å². The molecule has 1 unspecified atom stereocenters. The molecule has 0 radical (unpaired) electrons. The minimum atomic E-state index is -0.839. The van der Waals surface area contributed by atoms with Gasteiger partial charge < -0.3 is 9.52 Å². The maximum atomic E-state index is 11.0. The third-order valence-electron chi connectivity index (χ3n) is 2.92. The largest absolute Gasteiger partial charge is 0.481 e. The van der Waals surface area contributed by atoms with Gasteiger partial charge >= 0.3 is 5.97 Å². The number of benzene rings is 1. The lowest BCUT2D eigenvalue weighted by Crippen LogP contribution is -2.11. The van der Waals surface area contributed by atoms with Gasteiger partial charge in [-0.2, -0.15) is 0 Å². The summed E-state index contributed by atoms with van der Waals surface area (Å²) in [5.74, 6) is -0.712. The molecule has 0 fully saturated rings. The molecule has 96 valence electrons. The molecule has 1 aromatic carbocycles. The summed E-state index contributed by atoms with van der Waals surface area (Å²) in [7, 11) is 0. The Kier molecular flexibility index (Phi) is 2.89. The molecule has 1 heterocycles. The van der Waals surface area contributed by atoms with Crippen LogP contribution in [-0.4, -0.2) is 16.1 Å². The second-order valence-corrected chi connectivity index (χ2v) is 5.56. The first-order valence-corrected chi connectivity index (χ1v) is 5.93. The highest BCUT2D eigenvalue weighted by Crippen LogP contribution is 2.27. The van der Waals surface area contributed by atoms with Gasteiger partial charge in [0.2, 0.25) is 5.89 Å². The number of carboxylic acid groups (broad SMARTS) is 1. The molecule has 4 heteroatoms. The zero-order valence-corrected chi connectivity index (χ0v) is 11.0. The molecule has 1 atom stereocenters. The zero-order valence-electron chi connectivity index (χ0n) is 11.0. The fraction of sp³-hybridized carbons (Fsp3) is 0.429. The van der Waals surface area contributed by atoms with E-state index in [1.807, 2.05) is 20.8 Å². The summed E-state index contributed by atoms with van der Waals surface area (Å²) in [6.45, 7) is 7.74. The van der Waals surface area contributed by atoms with Gasteiger partial charge in [0.1, 0.15) is 5.52 Å². The van der Waals surface area contributed by atoms with Crippen LogP contribution in [0.1, 0.15) is 45.1 Å². The summed E-state index contributed by atoms with van der Waals surface area (Å²) in [6.07, 6.45) is 0. The first-order chi connectivity index (χ1) is 8.29. The average Bonchev–Trinajstić information content (AvgIpc) is 2.69. The minimum Gasteiger partial charge on any atom is -0.481 e. The van der Waals surface area contributed by atoms with E-state index in [1.54, 1.807) is 25.1 Å². The third-order valence-corrected chi connectivity index (χ3v) is 2.92. The fourth-order valence-electron chi connectivity index (χ4n) is 1.68. The number of carbonyl (C=O) groups is 1. The van der Waals surface area contributed by atoms with Gasteiger partial charge in [0, 0.05) is 5.41 Å². The highest BCUT2D eigenvalue weighted by atomic mass is 16.4. The number of rotatable bonds is 2. The van der Waals surface area contributed by atoms with Crippen LogP contribution in [-0.2, 0) is 10.2 Å². The molecule has 2 rings (SSSR count). The number of aliphatic carboxylic acids is 1. The van der Waals surface area contributed by atoms with Crippen LogP contribution in [0.25, 0.3) is 11.1 Å². The Balaban J connectivity index is 2.49. The van der Waals surface area contributed by atoms with Gasteiger partial charge in [-0.1, -0.05) is 26.8 Å². The molecular weight excluding hydrogens is 230 g/mol. The predicted molar refractivity (Wildman–Crippen MR) is 68.8 cm³/mol. The van der Waals surface area contributed by atoms with Crippen molar-refractivity contribution in [2.45, 2.75) is 39.0 Å². The van der Waals surface area contributed by atoms with Crippen molar-refractivity contribution >= 4 is 17.1 Å². The molecule has 0 amide bonds. The topological polar surface area (TPSA) is 63.3 Å². The maximum Gasteiger partial charge on any atom is 0.310 e. The normalized spacial score (nSPS) is 13.8. The van der Waals surface area contributed by atoms with Crippen LogP contribution in [0.2, 0.25) is 0 Å². The van der Waals surface area contributed by atoms with Crippen molar-refractivity contribution in [3.63, 3.8) is 0 Å². The lowest BCUT2D eigenvalue weighted by atomic mass is 9.97. The van der Waals surface area contributed by atoms with E-state index in [9.17, 15) is 4.79 Å². The number of carboxylic acids is 1. The van der Waals surface area contributed by atoms with Crippen LogP contribution >= 0.6 is 0 Å². The number of hydrogen-bond donors (Lipinski definition) is 1. The first-order valence-electron chi connectivity index (χ1n) is 5.93. The molecule has 0 bridgehead atoms. The van der Waals surface area contributed by atoms with Crippen molar-refractivity contribution in [3.05, 3.63) is 29.7 Å². The van der Waals surface area contributed by atoms with Gasteiger partial charge in [0.05, 0.1) is 5.92 Å². The van der Waals surface area contributed by atoms with Gasteiger partial charge in [0.25, 0.3) is 0 Å². The summed E-state index contributed by atoms with van der Waals surface area (Å²) in [5, 5.41) is 9.00. The van der Waals surface area contributed by atoms with Crippen LogP contribution in [0.15, 0.2) is 22.6 Å². The minimum absolute atomic E-state index is 0.155. The molecule has 0 aliphatic rings. The Bertz CT molecular complexity index is 593. The quantitative estimate of drug-likeness (QED) is 0.884. The Hall–Kier alpha value is -1.84. The molecule has 0 aliphatic heterocycles. The lowest BCUT2D eigenvalue weighted by Gasteiger charge is -2.11. The van der Waals surface area contributed by atoms with Crippen molar-refractivity contribution in [1.29, 1.82) is 0 Å². The van der Waals surface area contributed by atoms with Crippen molar-refractivity contribution < 1.29 is 14.3 Å². The van der Waals surface area contributed by atoms with Gasteiger partial charge in [-0.15, -0.1) is 0 Å². The molecule has 0 saturated carbocycles. The standard InChI is InChI=1S/C14H17NO3/c1-8(12(16)17)9-5-6-11-10(7-9)15-13(18-11)14(2,3)4/h5-8H,1-4H3,(H,16,17). The number of oxazole rings is 1. The van der Waals surface area contributed by atoms with E-state index in [-0.39, 0.29) is 5.41 Å². The monoisotopic (exact) mass is 247 g/mol. The van der Waals surface area contributed by atoms with Crippen molar-refractivity contribution in [1.82, 2.24) is 4.98 Å². The van der Waals surface area contributed by atoms with E-state index in [0.29, 0.717) is 17.0 Å². The molecule has 0 aliphatic carbocycles. The van der Waals surface area contributed by atoms with Crippen LogP contribution in [0.3, 0.4) is 0 Å². The van der Waals surface area contributed by atoms with Crippen molar-refractivity contribution in [2.24, 2.45) is 0 Å². The lowest BCUT2D eigenvalue weighted by molar-refractivity contribution is -0.138. The summed E-state index contributed by atoms with van der Waals surface area (Å²) < 4.78 is 5.67. The summed E-state index contributed by atoms with van der Waals surface area (Å²) >= 11 is 0. The van der Waals surface area contributed by atoms with E-state index in [1.165, 1.54) is 0 Å². The molecule has 0 spiro atoms. The molecule has 1 N–H and O–H groups in total. The highest BCUT2D eigenvalue weighted by molar-refractivity contribution is 5.79. The SMILES string of the molecule is CC(C(=O)O)c1ccc2oc(C(C)(C)C)nc2c1. The average molecular weight is 247 g/mol. The maximum absolute atomic E-state index is 11.0. The Morgan fingerprint density at radius 3 is 2.61 bits per heavy atom. The highest BCUT2D eigenvalue weighted by Gasteiger charge is 2.22. The van der Waals surface area contributed by atoms with Gasteiger partial charge in [0.15, 0.2) is 5.58 Å². The summed E-state index contributed by atoms with van der Waals surface area (Å²) in [4.78, 5) is 15.4. The molecule has 18 heavy (non-hydrogen) atoms. The van der Waals surface area contributed by atoms with Crippen molar-refractivity contribution in [3.8, 4) is 0 Å². The van der Waals surface area contributed by atoms with Crippen LogP contribution < -0.4 is 0 Å². The summed E-state index contributed by atoms with van der Waals surface area (Å²) in [5.41, 5.74) is 1.99. The van der Waals surface area contributed by atoms with E-state index in [4.69, 9.17) is 9.52 Å². The van der Waals surface area contributed by atoms with Crippen LogP contribution in [0.4, 0.5) is 0 Å². The van der Waals surface area contributed by atoms with Crippen molar-refractivity contribution in [2.75, 3.05) is 0 Å². The van der Waals surface area contributed by atoms with Gasteiger partial charge in [-0.05, 0) is 24.6 Å². The molecule has 0 saturated heterocycles. The third kappa shape index (κ3) is 2.23. The molecule has 4 nitrogen and oxygen atoms in total. The van der Waals surface area contributed by atoms with E-state index in [2.05, 4.69) is 4.98 Å². The molecule has 2 aromatic rings. The molecule has 1 aromatic heterocycles. The second-order valence-electron chi connectivity index (χ2n) is 5.56. The Morgan fingerprint density at radius 1 is 1.39 bits per heavy atom. The Morgan fingerprint density at radius 2 is 2.06 bits per heavy atom.